The lowest BCUT2D eigenvalue weighted by Gasteiger charge is -2.11. The van der Waals surface area contributed by atoms with Crippen molar-refractivity contribution in [2.24, 2.45) is 0 Å². The van der Waals surface area contributed by atoms with Gasteiger partial charge in [-0.25, -0.2) is 4.39 Å². The number of ether oxygens (including phenoxy) is 1. The topological polar surface area (TPSA) is 38.3 Å². The van der Waals surface area contributed by atoms with Crippen LogP contribution >= 0.6 is 15.9 Å². The molecule has 1 amide bonds. The minimum Gasteiger partial charge on any atom is -0.383 e. The Labute approximate surface area is 108 Å². The number of nitrogens with one attached hydrogen (secondary N) is 1. The standard InChI is InChI=1S/C12H15BrFNO2/c1-8-4-3-5-10(11(8)14)12(16)15-6-9(13)7-17-2/h3-5,9H,6-7H2,1-2H3,(H,15,16). The molecule has 0 saturated heterocycles. The summed E-state index contributed by atoms with van der Waals surface area (Å²) in [5, 5.41) is 2.65. The molecule has 0 aliphatic rings. The minimum atomic E-state index is -0.470. The molecule has 1 atom stereocenters. The largest absolute Gasteiger partial charge is 0.383 e. The Bertz CT molecular complexity index is 398. The molecule has 0 spiro atoms. The van der Waals surface area contributed by atoms with Crippen LogP contribution in [0.2, 0.25) is 0 Å². The highest BCUT2D eigenvalue weighted by Crippen LogP contribution is 2.11. The SMILES string of the molecule is COCC(Br)CNC(=O)c1cccc(C)c1F. The molecule has 0 aliphatic carbocycles. The quantitative estimate of drug-likeness (QED) is 0.848. The predicted octanol–water partition coefficient (Wildman–Crippen LogP) is 2.27. The van der Waals surface area contributed by atoms with Crippen LogP contribution in [0.15, 0.2) is 18.2 Å². The van der Waals surface area contributed by atoms with Crippen LogP contribution < -0.4 is 5.32 Å². The predicted molar refractivity (Wildman–Crippen MR) is 68.1 cm³/mol. The Kier molecular flexibility index (Phi) is 5.58. The number of methoxy groups -OCH3 is 1. The van der Waals surface area contributed by atoms with E-state index in [1.54, 1.807) is 26.2 Å². The summed E-state index contributed by atoms with van der Waals surface area (Å²) >= 11 is 3.34. The summed E-state index contributed by atoms with van der Waals surface area (Å²) in [7, 11) is 1.58. The van der Waals surface area contributed by atoms with Crippen LogP contribution in [-0.2, 0) is 4.74 Å². The average molecular weight is 304 g/mol. The van der Waals surface area contributed by atoms with Gasteiger partial charge in [-0.15, -0.1) is 0 Å². The van der Waals surface area contributed by atoms with Gasteiger partial charge in [0.15, 0.2) is 0 Å². The first-order valence-electron chi connectivity index (χ1n) is 5.22. The lowest BCUT2D eigenvalue weighted by molar-refractivity contribution is 0.0946. The lowest BCUT2D eigenvalue weighted by Crippen LogP contribution is -2.32. The molecule has 5 heteroatoms. The van der Waals surface area contributed by atoms with E-state index in [1.165, 1.54) is 6.07 Å². The van der Waals surface area contributed by atoms with E-state index >= 15 is 0 Å². The van der Waals surface area contributed by atoms with E-state index in [0.717, 1.165) is 0 Å². The van der Waals surface area contributed by atoms with Crippen LogP contribution in [0.5, 0.6) is 0 Å². The number of aryl methyl sites for hydroxylation is 1. The first-order chi connectivity index (χ1) is 8.06. The van der Waals surface area contributed by atoms with Gasteiger partial charge in [-0.1, -0.05) is 28.1 Å². The highest BCUT2D eigenvalue weighted by molar-refractivity contribution is 9.09. The van der Waals surface area contributed by atoms with E-state index < -0.39 is 11.7 Å². The number of rotatable bonds is 5. The molecule has 0 aliphatic heterocycles. The molecule has 0 fully saturated rings. The molecular weight excluding hydrogens is 289 g/mol. The first kappa shape index (κ1) is 14.1. The Morgan fingerprint density at radius 2 is 2.29 bits per heavy atom. The van der Waals surface area contributed by atoms with Gasteiger partial charge < -0.3 is 10.1 Å². The summed E-state index contributed by atoms with van der Waals surface area (Å²) in [6.07, 6.45) is 0. The van der Waals surface area contributed by atoms with Crippen molar-refractivity contribution in [3.63, 3.8) is 0 Å². The Morgan fingerprint density at radius 3 is 2.94 bits per heavy atom. The third kappa shape index (κ3) is 4.09. The molecular formula is C12H15BrFNO2. The van der Waals surface area contributed by atoms with Crippen molar-refractivity contribution in [3.8, 4) is 0 Å². The van der Waals surface area contributed by atoms with Crippen LogP contribution in [-0.4, -0.2) is 31.0 Å². The van der Waals surface area contributed by atoms with Crippen molar-refractivity contribution < 1.29 is 13.9 Å². The highest BCUT2D eigenvalue weighted by Gasteiger charge is 2.13. The summed E-state index contributed by atoms with van der Waals surface area (Å²) in [6.45, 7) is 2.50. The summed E-state index contributed by atoms with van der Waals surface area (Å²) < 4.78 is 18.5. The Morgan fingerprint density at radius 1 is 1.59 bits per heavy atom. The zero-order valence-corrected chi connectivity index (χ0v) is 11.4. The third-order valence-corrected chi connectivity index (χ3v) is 2.86. The summed E-state index contributed by atoms with van der Waals surface area (Å²) in [6, 6.07) is 4.76. The Hall–Kier alpha value is -0.940. The molecule has 17 heavy (non-hydrogen) atoms. The fraction of sp³-hybridized carbons (Fsp3) is 0.417. The molecule has 1 aromatic rings. The van der Waals surface area contributed by atoms with Crippen LogP contribution in [0.4, 0.5) is 4.39 Å². The number of carbonyl (C=O) groups excluding carboxylic acids is 1. The molecule has 94 valence electrons. The van der Waals surface area contributed by atoms with Gasteiger partial charge in [0.05, 0.1) is 17.0 Å². The van der Waals surface area contributed by atoms with Gasteiger partial charge in [-0.05, 0) is 18.6 Å². The van der Waals surface area contributed by atoms with Crippen molar-refractivity contribution in [3.05, 3.63) is 35.1 Å². The van der Waals surface area contributed by atoms with Crippen LogP contribution in [0.3, 0.4) is 0 Å². The maximum absolute atomic E-state index is 13.6. The number of hydrogen-bond donors (Lipinski definition) is 1. The van der Waals surface area contributed by atoms with Gasteiger partial charge in [0, 0.05) is 13.7 Å². The van der Waals surface area contributed by atoms with Gasteiger partial charge in [0.1, 0.15) is 5.82 Å². The average Bonchev–Trinajstić information content (AvgIpc) is 2.30. The van der Waals surface area contributed by atoms with Crippen molar-refractivity contribution in [1.29, 1.82) is 0 Å². The van der Waals surface area contributed by atoms with E-state index in [0.29, 0.717) is 18.7 Å². The van der Waals surface area contributed by atoms with Crippen LogP contribution in [0, 0.1) is 12.7 Å². The molecule has 0 aromatic heterocycles. The number of amides is 1. The number of benzene rings is 1. The van der Waals surface area contributed by atoms with Crippen molar-refractivity contribution in [2.75, 3.05) is 20.3 Å². The second-order valence-electron chi connectivity index (χ2n) is 3.70. The second-order valence-corrected chi connectivity index (χ2v) is 4.99. The molecule has 0 radical (unpaired) electrons. The molecule has 0 bridgehead atoms. The molecule has 0 saturated carbocycles. The smallest absolute Gasteiger partial charge is 0.254 e. The molecule has 1 N–H and O–H groups in total. The van der Waals surface area contributed by atoms with Gasteiger partial charge in [-0.2, -0.15) is 0 Å². The summed E-state index contributed by atoms with van der Waals surface area (Å²) in [4.78, 5) is 11.7. The number of halogens is 2. The Balaban J connectivity index is 2.61. The first-order valence-corrected chi connectivity index (χ1v) is 6.14. The van der Waals surface area contributed by atoms with Crippen molar-refractivity contribution in [2.45, 2.75) is 11.8 Å². The van der Waals surface area contributed by atoms with E-state index in [2.05, 4.69) is 21.2 Å². The van der Waals surface area contributed by atoms with E-state index in [9.17, 15) is 9.18 Å². The van der Waals surface area contributed by atoms with Gasteiger partial charge in [0.2, 0.25) is 0 Å². The van der Waals surface area contributed by atoms with Crippen molar-refractivity contribution in [1.82, 2.24) is 5.32 Å². The van der Waals surface area contributed by atoms with E-state index in [4.69, 9.17) is 4.74 Å². The number of carbonyl (C=O) groups is 1. The minimum absolute atomic E-state index is 0.0179. The van der Waals surface area contributed by atoms with Crippen LogP contribution in [0.1, 0.15) is 15.9 Å². The fourth-order valence-corrected chi connectivity index (χ4v) is 1.79. The van der Waals surface area contributed by atoms with Crippen molar-refractivity contribution >= 4 is 21.8 Å². The summed E-state index contributed by atoms with van der Waals surface area (Å²) in [5.41, 5.74) is 0.534. The third-order valence-electron chi connectivity index (χ3n) is 2.27. The molecule has 1 aromatic carbocycles. The van der Waals surface area contributed by atoms with Gasteiger partial charge in [-0.3, -0.25) is 4.79 Å². The fourth-order valence-electron chi connectivity index (χ4n) is 1.36. The highest BCUT2D eigenvalue weighted by atomic mass is 79.9. The lowest BCUT2D eigenvalue weighted by atomic mass is 10.1. The van der Waals surface area contributed by atoms with E-state index in [1.807, 2.05) is 0 Å². The molecule has 1 unspecified atom stereocenters. The van der Waals surface area contributed by atoms with Gasteiger partial charge in [0.25, 0.3) is 5.91 Å². The zero-order valence-electron chi connectivity index (χ0n) is 9.80. The summed E-state index contributed by atoms with van der Waals surface area (Å²) in [5.74, 6) is -0.880. The molecule has 0 heterocycles. The maximum atomic E-state index is 13.6. The number of alkyl halides is 1. The molecule has 3 nitrogen and oxygen atoms in total. The normalized spacial score (nSPS) is 12.2. The van der Waals surface area contributed by atoms with E-state index in [-0.39, 0.29) is 10.4 Å². The zero-order chi connectivity index (χ0) is 12.8. The second kappa shape index (κ2) is 6.71. The molecule has 1 rings (SSSR count). The number of hydrogen-bond acceptors (Lipinski definition) is 2. The maximum Gasteiger partial charge on any atom is 0.254 e. The van der Waals surface area contributed by atoms with Crippen LogP contribution in [0.25, 0.3) is 0 Å². The monoisotopic (exact) mass is 303 g/mol. The van der Waals surface area contributed by atoms with Gasteiger partial charge >= 0.3 is 0 Å².